The van der Waals surface area contributed by atoms with E-state index in [2.05, 4.69) is 5.32 Å². The first-order valence-corrected chi connectivity index (χ1v) is 9.12. The van der Waals surface area contributed by atoms with Crippen molar-refractivity contribution in [3.8, 4) is 5.75 Å². The third-order valence-electron chi connectivity index (χ3n) is 3.95. The minimum Gasteiger partial charge on any atom is -0.508 e. The van der Waals surface area contributed by atoms with Crippen molar-refractivity contribution in [1.82, 2.24) is 5.32 Å². The zero-order chi connectivity index (χ0) is 23.4. The number of carboxylic acids is 3. The Morgan fingerprint density at radius 3 is 1.87 bits per heavy atom. The molecule has 168 valence electrons. The van der Waals surface area contributed by atoms with Crippen LogP contribution in [0.25, 0.3) is 0 Å². The van der Waals surface area contributed by atoms with Crippen LogP contribution in [0, 0.1) is 5.92 Å². The summed E-state index contributed by atoms with van der Waals surface area (Å²) < 4.78 is 0. The number of aromatic hydroxyl groups is 1. The molecule has 1 aromatic carbocycles. The Bertz CT molecular complexity index is 721. The molecule has 0 spiro atoms. The molecule has 1 aromatic rings. The van der Waals surface area contributed by atoms with E-state index in [4.69, 9.17) is 31.9 Å². The minimum absolute atomic E-state index is 0.0222. The molecule has 11 nitrogen and oxygen atoms in total. The number of hydrogen-bond donors (Lipinski definition) is 7. The van der Waals surface area contributed by atoms with Gasteiger partial charge in [-0.1, -0.05) is 26.0 Å². The van der Waals surface area contributed by atoms with Gasteiger partial charge in [0.05, 0.1) is 6.04 Å². The largest absolute Gasteiger partial charge is 0.508 e. The fourth-order valence-corrected chi connectivity index (χ4v) is 2.16. The quantitative estimate of drug-likeness (QED) is 0.260. The summed E-state index contributed by atoms with van der Waals surface area (Å²) in [5, 5.41) is 37.0. The van der Waals surface area contributed by atoms with Crippen LogP contribution in [-0.4, -0.2) is 62.4 Å². The van der Waals surface area contributed by atoms with Crippen molar-refractivity contribution < 1.29 is 39.6 Å². The van der Waals surface area contributed by atoms with Crippen LogP contribution in [0.15, 0.2) is 24.3 Å². The fourth-order valence-electron chi connectivity index (χ4n) is 2.16. The zero-order valence-corrected chi connectivity index (χ0v) is 16.8. The average molecular weight is 427 g/mol. The minimum atomic E-state index is -1.14. The first kappa shape index (κ1) is 26.8. The Morgan fingerprint density at radius 1 is 0.933 bits per heavy atom. The summed E-state index contributed by atoms with van der Waals surface area (Å²) in [5.41, 5.74) is 11.6. The molecule has 0 radical (unpaired) electrons. The number of carbonyl (C=O) groups is 4. The van der Waals surface area contributed by atoms with Gasteiger partial charge in [-0.25, -0.2) is 4.79 Å². The van der Waals surface area contributed by atoms with Gasteiger partial charge >= 0.3 is 17.9 Å². The Kier molecular flexibility index (Phi) is 11.7. The van der Waals surface area contributed by atoms with Gasteiger partial charge in [0, 0.05) is 6.42 Å². The normalized spacial score (nSPS) is 13.4. The van der Waals surface area contributed by atoms with E-state index < -0.39 is 41.9 Å². The third kappa shape index (κ3) is 11.0. The Labute approximate surface area is 173 Å². The van der Waals surface area contributed by atoms with E-state index in [9.17, 15) is 19.2 Å². The molecular weight excluding hydrogens is 398 g/mol. The molecule has 30 heavy (non-hydrogen) atoms. The number of phenols is 1. The monoisotopic (exact) mass is 427 g/mol. The predicted molar refractivity (Wildman–Crippen MR) is 107 cm³/mol. The van der Waals surface area contributed by atoms with Crippen LogP contribution in [0.3, 0.4) is 0 Å². The summed E-state index contributed by atoms with van der Waals surface area (Å²) >= 11 is 0. The molecule has 0 aliphatic heterocycles. The SMILES string of the molecule is CC(C)[C@H](NC(=O)[C@@H](N)CCC(=O)O)C(=O)O.N[C@@H](Cc1ccc(O)cc1)C(=O)O. The number of phenolic OH excluding ortho intramolecular Hbond substituents is 1. The molecular formula is C19H29N3O8. The number of carbonyl (C=O) groups excluding carboxylic acids is 1. The summed E-state index contributed by atoms with van der Waals surface area (Å²) in [6.07, 6.45) is 0.0230. The van der Waals surface area contributed by atoms with Crippen LogP contribution >= 0.6 is 0 Å². The number of amides is 1. The highest BCUT2D eigenvalue weighted by Gasteiger charge is 2.26. The van der Waals surface area contributed by atoms with Crippen molar-refractivity contribution in [2.45, 2.75) is 51.2 Å². The van der Waals surface area contributed by atoms with E-state index in [1.165, 1.54) is 12.1 Å². The van der Waals surface area contributed by atoms with Crippen molar-refractivity contribution >= 4 is 23.8 Å². The van der Waals surface area contributed by atoms with E-state index in [1.807, 2.05) is 0 Å². The Balaban J connectivity index is 0.000000579. The van der Waals surface area contributed by atoms with Crippen LogP contribution in [0.2, 0.25) is 0 Å². The van der Waals surface area contributed by atoms with Gasteiger partial charge in [-0.15, -0.1) is 0 Å². The average Bonchev–Trinajstić information content (AvgIpc) is 2.65. The lowest BCUT2D eigenvalue weighted by atomic mass is 10.0. The highest BCUT2D eigenvalue weighted by molar-refractivity contribution is 5.87. The predicted octanol–water partition coefficient (Wildman–Crippen LogP) is -0.249. The van der Waals surface area contributed by atoms with Crippen LogP contribution in [-0.2, 0) is 25.6 Å². The highest BCUT2D eigenvalue weighted by atomic mass is 16.4. The third-order valence-corrected chi connectivity index (χ3v) is 3.95. The van der Waals surface area contributed by atoms with Crippen molar-refractivity contribution in [2.24, 2.45) is 17.4 Å². The maximum absolute atomic E-state index is 11.5. The Hall–Kier alpha value is -3.18. The van der Waals surface area contributed by atoms with Gasteiger partial charge in [0.1, 0.15) is 17.8 Å². The molecule has 0 heterocycles. The second kappa shape index (κ2) is 13.1. The van der Waals surface area contributed by atoms with Gasteiger partial charge in [0.15, 0.2) is 0 Å². The van der Waals surface area contributed by atoms with Gasteiger partial charge in [-0.05, 0) is 36.5 Å². The summed E-state index contributed by atoms with van der Waals surface area (Å²) in [7, 11) is 0. The highest BCUT2D eigenvalue weighted by Crippen LogP contribution is 2.10. The van der Waals surface area contributed by atoms with Gasteiger partial charge in [0.25, 0.3) is 0 Å². The van der Waals surface area contributed by atoms with Gasteiger partial charge < -0.3 is 37.2 Å². The van der Waals surface area contributed by atoms with Crippen LogP contribution in [0.1, 0.15) is 32.3 Å². The van der Waals surface area contributed by atoms with Gasteiger partial charge in [-0.2, -0.15) is 0 Å². The number of hydrogen-bond acceptors (Lipinski definition) is 7. The van der Waals surface area contributed by atoms with Crippen molar-refractivity contribution in [3.63, 3.8) is 0 Å². The molecule has 9 N–H and O–H groups in total. The van der Waals surface area contributed by atoms with E-state index in [0.29, 0.717) is 0 Å². The molecule has 0 unspecified atom stereocenters. The molecule has 0 aromatic heterocycles. The molecule has 3 atom stereocenters. The maximum atomic E-state index is 11.5. The molecule has 0 bridgehead atoms. The lowest BCUT2D eigenvalue weighted by Gasteiger charge is -2.20. The first-order valence-electron chi connectivity index (χ1n) is 9.12. The zero-order valence-electron chi connectivity index (χ0n) is 16.8. The van der Waals surface area contributed by atoms with E-state index in [1.54, 1.807) is 26.0 Å². The topological polar surface area (TPSA) is 213 Å². The lowest BCUT2D eigenvalue weighted by molar-refractivity contribution is -0.143. The van der Waals surface area contributed by atoms with E-state index in [-0.39, 0.29) is 30.9 Å². The van der Waals surface area contributed by atoms with Crippen molar-refractivity contribution in [3.05, 3.63) is 29.8 Å². The number of benzene rings is 1. The molecule has 1 rings (SSSR count). The molecule has 11 heteroatoms. The Morgan fingerprint density at radius 2 is 1.47 bits per heavy atom. The molecule has 1 amide bonds. The first-order chi connectivity index (χ1) is 13.8. The maximum Gasteiger partial charge on any atom is 0.326 e. The second-order valence-electron chi connectivity index (χ2n) is 6.92. The number of carboxylic acid groups (broad SMARTS) is 3. The van der Waals surface area contributed by atoms with Crippen molar-refractivity contribution in [1.29, 1.82) is 0 Å². The molecule has 0 saturated carbocycles. The van der Waals surface area contributed by atoms with E-state index >= 15 is 0 Å². The molecule has 0 aliphatic carbocycles. The molecule has 0 fully saturated rings. The second-order valence-corrected chi connectivity index (χ2v) is 6.92. The summed E-state index contributed by atoms with van der Waals surface area (Å²) in [4.78, 5) is 43.0. The van der Waals surface area contributed by atoms with E-state index in [0.717, 1.165) is 5.56 Å². The standard InChI is InChI=1S/C10H18N2O5.C9H11NO3/c1-5(2)8(10(16)17)12-9(15)6(11)3-4-7(13)14;10-8(9(12)13)5-6-1-3-7(11)4-2-6/h5-6,8H,3-4,11H2,1-2H3,(H,12,15)(H,13,14)(H,16,17);1-4,8,11H,5,10H2,(H,12,13)/t6-,8-;8-/m00/s1. The number of nitrogens with two attached hydrogens (primary N) is 2. The lowest BCUT2D eigenvalue weighted by Crippen LogP contribution is -2.50. The van der Waals surface area contributed by atoms with Crippen LogP contribution in [0.4, 0.5) is 0 Å². The van der Waals surface area contributed by atoms with Crippen LogP contribution in [0.5, 0.6) is 5.75 Å². The summed E-state index contributed by atoms with van der Waals surface area (Å²) in [5.74, 6) is -3.97. The smallest absolute Gasteiger partial charge is 0.326 e. The number of rotatable bonds is 10. The molecule has 0 saturated heterocycles. The van der Waals surface area contributed by atoms with Crippen LogP contribution < -0.4 is 16.8 Å². The van der Waals surface area contributed by atoms with Gasteiger partial charge in [0.2, 0.25) is 5.91 Å². The summed E-state index contributed by atoms with van der Waals surface area (Å²) in [6.45, 7) is 3.31. The van der Waals surface area contributed by atoms with Crippen molar-refractivity contribution in [2.75, 3.05) is 0 Å². The number of aliphatic carboxylic acids is 3. The molecule has 0 aliphatic rings. The fraction of sp³-hybridized carbons (Fsp3) is 0.474. The number of nitrogens with one attached hydrogen (secondary N) is 1. The van der Waals surface area contributed by atoms with Gasteiger partial charge in [-0.3, -0.25) is 14.4 Å². The summed E-state index contributed by atoms with van der Waals surface area (Å²) in [6, 6.07) is 3.40.